The first-order valence-corrected chi connectivity index (χ1v) is 11.7. The van der Waals surface area contributed by atoms with Gasteiger partial charge in [0.05, 0.1) is 0 Å². The highest BCUT2D eigenvalue weighted by molar-refractivity contribution is 6.30. The molecule has 0 saturated heterocycles. The van der Waals surface area contributed by atoms with Crippen molar-refractivity contribution in [3.8, 4) is 11.8 Å². The zero-order valence-corrected chi connectivity index (χ0v) is 19.5. The predicted octanol–water partition coefficient (Wildman–Crippen LogP) is 8.33. The molecular weight excluding hydrogens is 427 g/mol. The lowest BCUT2D eigenvalue weighted by Crippen LogP contribution is -1.96. The molecule has 164 valence electrons. The number of hydrogen-bond donors (Lipinski definition) is 0. The van der Waals surface area contributed by atoms with Crippen LogP contribution in [0.3, 0.4) is 0 Å². The van der Waals surface area contributed by atoms with Gasteiger partial charge in [-0.25, -0.2) is 4.39 Å². The van der Waals surface area contributed by atoms with Crippen molar-refractivity contribution in [3.63, 3.8) is 0 Å². The second kappa shape index (κ2) is 11.0. The molecule has 0 aromatic heterocycles. The van der Waals surface area contributed by atoms with Gasteiger partial charge in [-0.15, -0.1) is 0 Å². The second-order valence-electron chi connectivity index (χ2n) is 8.16. The van der Waals surface area contributed by atoms with Gasteiger partial charge in [0.25, 0.3) is 0 Å². The fraction of sp³-hybridized carbons (Fsp3) is 0.161. The Morgan fingerprint density at radius 3 is 2.18 bits per heavy atom. The second-order valence-corrected chi connectivity index (χ2v) is 8.59. The molecule has 4 aromatic rings. The molecule has 33 heavy (non-hydrogen) atoms. The van der Waals surface area contributed by atoms with Gasteiger partial charge in [0.2, 0.25) is 0 Å². The molecule has 4 aromatic carbocycles. The highest BCUT2D eigenvalue weighted by Gasteiger charge is 2.08. The van der Waals surface area contributed by atoms with Gasteiger partial charge >= 0.3 is 0 Å². The lowest BCUT2D eigenvalue weighted by atomic mass is 9.99. The number of hydrogen-bond acceptors (Lipinski definition) is 0. The average Bonchev–Trinajstić information content (AvgIpc) is 2.84. The number of aryl methyl sites for hydroxylation is 3. The Morgan fingerprint density at radius 2 is 1.42 bits per heavy atom. The van der Waals surface area contributed by atoms with Gasteiger partial charge < -0.3 is 0 Å². The van der Waals surface area contributed by atoms with E-state index in [9.17, 15) is 0 Å². The third-order valence-electron chi connectivity index (χ3n) is 5.77. The lowest BCUT2D eigenvalue weighted by molar-refractivity contribution is 0.620. The quantitative estimate of drug-likeness (QED) is 0.204. The Bertz CT molecular complexity index is 1320. The Morgan fingerprint density at radius 1 is 0.758 bits per heavy atom. The SMILES string of the molecule is C/C=C/CCc1ccc(C#Cc2ccc3c(F)c(CCc4ccc(Cl)cc4)ccc3c2)cc1. The van der Waals surface area contributed by atoms with Crippen LogP contribution < -0.4 is 0 Å². The summed E-state index contributed by atoms with van der Waals surface area (Å²) in [7, 11) is 0. The highest BCUT2D eigenvalue weighted by Crippen LogP contribution is 2.24. The molecule has 0 heterocycles. The zero-order chi connectivity index (χ0) is 23.0. The summed E-state index contributed by atoms with van der Waals surface area (Å²) in [6.45, 7) is 2.04. The van der Waals surface area contributed by atoms with Crippen molar-refractivity contribution in [3.05, 3.63) is 130 Å². The molecule has 0 radical (unpaired) electrons. The predicted molar refractivity (Wildman–Crippen MR) is 138 cm³/mol. The van der Waals surface area contributed by atoms with Crippen molar-refractivity contribution < 1.29 is 4.39 Å². The Balaban J connectivity index is 1.46. The van der Waals surface area contributed by atoms with Crippen molar-refractivity contribution in [2.45, 2.75) is 32.6 Å². The monoisotopic (exact) mass is 452 g/mol. The number of allylic oxidation sites excluding steroid dienone is 2. The molecule has 2 heteroatoms. The molecular formula is C31H26ClF. The minimum Gasteiger partial charge on any atom is -0.206 e. The maximum Gasteiger partial charge on any atom is 0.134 e. The Hall–Kier alpha value is -3.34. The topological polar surface area (TPSA) is 0 Å². The number of fused-ring (bicyclic) bond motifs is 1. The minimum absolute atomic E-state index is 0.144. The van der Waals surface area contributed by atoms with Gasteiger partial charge in [0.1, 0.15) is 5.82 Å². The van der Waals surface area contributed by atoms with Gasteiger partial charge in [-0.3, -0.25) is 0 Å². The van der Waals surface area contributed by atoms with Crippen LogP contribution in [0.4, 0.5) is 4.39 Å². The van der Waals surface area contributed by atoms with E-state index in [-0.39, 0.29) is 5.82 Å². The van der Waals surface area contributed by atoms with Gasteiger partial charge in [-0.1, -0.05) is 78.1 Å². The molecule has 0 aliphatic heterocycles. The van der Waals surface area contributed by atoms with Crippen LogP contribution in [-0.4, -0.2) is 0 Å². The maximum atomic E-state index is 15.1. The molecule has 4 rings (SSSR count). The first kappa shape index (κ1) is 22.8. The van der Waals surface area contributed by atoms with Crippen molar-refractivity contribution in [2.75, 3.05) is 0 Å². The molecule has 0 N–H and O–H groups in total. The lowest BCUT2D eigenvalue weighted by Gasteiger charge is -2.08. The molecule has 0 aliphatic carbocycles. The Kier molecular flexibility index (Phi) is 7.61. The standard InChI is InChI=1S/C31H26ClF/c1-2-3-4-5-23-6-8-24(9-7-23)10-11-26-15-21-30-28(22-26)18-17-27(31(30)33)16-12-25-13-19-29(32)20-14-25/h2-3,6-9,13-15,17-22H,4-5,12,16H2,1H3/b3-2+. The van der Waals surface area contributed by atoms with Gasteiger partial charge in [-0.2, -0.15) is 0 Å². The van der Waals surface area contributed by atoms with Gasteiger partial charge in [-0.05, 0) is 91.1 Å². The van der Waals surface area contributed by atoms with Crippen molar-refractivity contribution in [1.29, 1.82) is 0 Å². The van der Waals surface area contributed by atoms with Crippen LogP contribution >= 0.6 is 11.6 Å². The van der Waals surface area contributed by atoms with Crippen molar-refractivity contribution in [1.82, 2.24) is 0 Å². The van der Waals surface area contributed by atoms with E-state index in [1.165, 1.54) is 5.56 Å². The first-order chi connectivity index (χ1) is 16.1. The van der Waals surface area contributed by atoms with Crippen LogP contribution in [0, 0.1) is 17.7 Å². The van der Waals surface area contributed by atoms with Crippen LogP contribution in [-0.2, 0) is 19.3 Å². The number of halogens is 2. The molecule has 0 atom stereocenters. The van der Waals surface area contributed by atoms with Crippen LogP contribution in [0.15, 0.2) is 91.0 Å². The van der Waals surface area contributed by atoms with E-state index in [0.29, 0.717) is 16.8 Å². The van der Waals surface area contributed by atoms with E-state index >= 15 is 4.39 Å². The summed E-state index contributed by atoms with van der Waals surface area (Å²) in [6.07, 6.45) is 7.78. The average molecular weight is 453 g/mol. The van der Waals surface area contributed by atoms with E-state index < -0.39 is 0 Å². The van der Waals surface area contributed by atoms with E-state index in [2.05, 4.69) is 48.3 Å². The van der Waals surface area contributed by atoms with E-state index in [1.54, 1.807) is 0 Å². The summed E-state index contributed by atoms with van der Waals surface area (Å²) < 4.78 is 15.1. The third kappa shape index (κ3) is 6.13. The van der Waals surface area contributed by atoms with Crippen molar-refractivity contribution >= 4 is 22.4 Å². The first-order valence-electron chi connectivity index (χ1n) is 11.3. The van der Waals surface area contributed by atoms with Crippen LogP contribution in [0.1, 0.15) is 41.2 Å². The molecule has 0 fully saturated rings. The van der Waals surface area contributed by atoms with E-state index in [0.717, 1.165) is 46.9 Å². The molecule has 0 nitrogen and oxygen atoms in total. The smallest absolute Gasteiger partial charge is 0.134 e. The zero-order valence-electron chi connectivity index (χ0n) is 18.7. The van der Waals surface area contributed by atoms with Crippen LogP contribution in [0.25, 0.3) is 10.8 Å². The summed E-state index contributed by atoms with van der Waals surface area (Å²) in [6, 6.07) is 25.7. The molecule has 0 unspecified atom stereocenters. The largest absolute Gasteiger partial charge is 0.206 e. The third-order valence-corrected chi connectivity index (χ3v) is 6.02. The molecule has 0 aliphatic rings. The normalized spacial score (nSPS) is 11.0. The highest BCUT2D eigenvalue weighted by atomic mass is 35.5. The van der Waals surface area contributed by atoms with Crippen LogP contribution in [0.5, 0.6) is 0 Å². The molecule has 0 spiro atoms. The summed E-state index contributed by atoms with van der Waals surface area (Å²) in [5.41, 5.74) is 5.05. The van der Waals surface area contributed by atoms with Crippen molar-refractivity contribution in [2.24, 2.45) is 0 Å². The Labute approximate surface area is 200 Å². The fourth-order valence-electron chi connectivity index (χ4n) is 3.85. The summed E-state index contributed by atoms with van der Waals surface area (Å²) in [5, 5.41) is 2.22. The molecule has 0 amide bonds. The van der Waals surface area contributed by atoms with Crippen LogP contribution in [0.2, 0.25) is 5.02 Å². The number of rotatable bonds is 6. The minimum atomic E-state index is -0.144. The maximum absolute atomic E-state index is 15.1. The van der Waals surface area contributed by atoms with Gasteiger partial charge in [0, 0.05) is 21.5 Å². The fourth-order valence-corrected chi connectivity index (χ4v) is 3.98. The summed E-state index contributed by atoms with van der Waals surface area (Å²) in [4.78, 5) is 0. The summed E-state index contributed by atoms with van der Waals surface area (Å²) >= 11 is 5.95. The number of benzene rings is 4. The van der Waals surface area contributed by atoms with E-state index in [4.69, 9.17) is 11.6 Å². The summed E-state index contributed by atoms with van der Waals surface area (Å²) in [5.74, 6) is 6.29. The molecule has 0 bridgehead atoms. The van der Waals surface area contributed by atoms with Gasteiger partial charge in [0.15, 0.2) is 0 Å². The molecule has 0 saturated carbocycles. The van der Waals surface area contributed by atoms with E-state index in [1.807, 2.05) is 61.5 Å².